The van der Waals surface area contributed by atoms with Gasteiger partial charge in [-0.05, 0) is 37.8 Å². The molecule has 0 aliphatic heterocycles. The molecule has 1 unspecified atom stereocenters. The maximum Gasteiger partial charge on any atom is 0.261 e. The van der Waals surface area contributed by atoms with Gasteiger partial charge in [0.2, 0.25) is 0 Å². The highest BCUT2D eigenvalue weighted by Crippen LogP contribution is 2.12. The molecule has 0 radical (unpaired) electrons. The Bertz CT molecular complexity index is 354. The standard InChI is InChI=1S/C15H23NO3/c1-2-14(19-13-9-5-3-6-10-13)15(18)16-11-7-4-8-12-17/h3,5-6,9-10,14,17H,2,4,7-8,11-12H2,1H3,(H,16,18). The van der Waals surface area contributed by atoms with Gasteiger partial charge in [0, 0.05) is 13.2 Å². The van der Waals surface area contributed by atoms with Crippen LogP contribution < -0.4 is 10.1 Å². The Hall–Kier alpha value is -1.55. The molecule has 0 bridgehead atoms. The number of aliphatic hydroxyl groups excluding tert-OH is 1. The van der Waals surface area contributed by atoms with Gasteiger partial charge >= 0.3 is 0 Å². The van der Waals surface area contributed by atoms with E-state index in [4.69, 9.17) is 9.84 Å². The molecule has 1 atom stereocenters. The molecular formula is C15H23NO3. The molecule has 0 spiro atoms. The molecule has 2 N–H and O–H groups in total. The molecule has 19 heavy (non-hydrogen) atoms. The molecule has 0 aliphatic rings. The minimum atomic E-state index is -0.444. The number of ether oxygens (including phenoxy) is 1. The number of amides is 1. The fourth-order valence-corrected chi connectivity index (χ4v) is 1.72. The number of aliphatic hydroxyl groups is 1. The summed E-state index contributed by atoms with van der Waals surface area (Å²) in [5.41, 5.74) is 0. The van der Waals surface area contributed by atoms with Gasteiger partial charge in [-0.25, -0.2) is 0 Å². The second-order valence-electron chi connectivity index (χ2n) is 4.40. The van der Waals surface area contributed by atoms with Crippen LogP contribution in [0.25, 0.3) is 0 Å². The Morgan fingerprint density at radius 2 is 2.00 bits per heavy atom. The first-order valence-corrected chi connectivity index (χ1v) is 6.88. The molecule has 4 heteroatoms. The highest BCUT2D eigenvalue weighted by atomic mass is 16.5. The Morgan fingerprint density at radius 3 is 2.63 bits per heavy atom. The minimum Gasteiger partial charge on any atom is -0.481 e. The van der Waals surface area contributed by atoms with Crippen LogP contribution >= 0.6 is 0 Å². The van der Waals surface area contributed by atoms with E-state index in [1.165, 1.54) is 0 Å². The molecular weight excluding hydrogens is 242 g/mol. The van der Waals surface area contributed by atoms with Crippen LogP contribution in [0.3, 0.4) is 0 Å². The van der Waals surface area contributed by atoms with E-state index in [-0.39, 0.29) is 12.5 Å². The average molecular weight is 265 g/mol. The fraction of sp³-hybridized carbons (Fsp3) is 0.533. The maximum absolute atomic E-state index is 11.9. The van der Waals surface area contributed by atoms with Gasteiger partial charge < -0.3 is 15.2 Å². The summed E-state index contributed by atoms with van der Waals surface area (Å²) in [6.45, 7) is 2.77. The van der Waals surface area contributed by atoms with E-state index in [0.717, 1.165) is 19.3 Å². The number of unbranched alkanes of at least 4 members (excludes halogenated alkanes) is 2. The zero-order chi connectivity index (χ0) is 13.9. The number of rotatable bonds is 9. The predicted octanol–water partition coefficient (Wildman–Crippen LogP) is 2.12. The highest BCUT2D eigenvalue weighted by molar-refractivity contribution is 5.81. The number of hydrogen-bond donors (Lipinski definition) is 2. The van der Waals surface area contributed by atoms with Crippen molar-refractivity contribution in [2.24, 2.45) is 0 Å². The number of benzene rings is 1. The van der Waals surface area contributed by atoms with Crippen molar-refractivity contribution in [3.05, 3.63) is 30.3 Å². The van der Waals surface area contributed by atoms with Crippen LogP contribution in [0, 0.1) is 0 Å². The third-order valence-electron chi connectivity index (χ3n) is 2.82. The molecule has 0 heterocycles. The summed E-state index contributed by atoms with van der Waals surface area (Å²) in [6, 6.07) is 9.37. The summed E-state index contributed by atoms with van der Waals surface area (Å²) in [5, 5.41) is 11.5. The van der Waals surface area contributed by atoms with Gasteiger partial charge in [-0.1, -0.05) is 25.1 Å². The zero-order valence-electron chi connectivity index (χ0n) is 11.5. The molecule has 1 aromatic rings. The van der Waals surface area contributed by atoms with Crippen molar-refractivity contribution in [2.45, 2.75) is 38.7 Å². The normalized spacial score (nSPS) is 11.9. The summed E-state index contributed by atoms with van der Waals surface area (Å²) < 4.78 is 5.65. The van der Waals surface area contributed by atoms with Crippen molar-refractivity contribution in [3.8, 4) is 5.75 Å². The molecule has 106 valence electrons. The van der Waals surface area contributed by atoms with Crippen LogP contribution in [0.2, 0.25) is 0 Å². The van der Waals surface area contributed by atoms with E-state index >= 15 is 0 Å². The third-order valence-corrected chi connectivity index (χ3v) is 2.82. The Labute approximate surface area is 114 Å². The topological polar surface area (TPSA) is 58.6 Å². The first-order chi connectivity index (χ1) is 9.27. The summed E-state index contributed by atoms with van der Waals surface area (Å²) in [6.07, 6.45) is 2.78. The lowest BCUT2D eigenvalue weighted by Gasteiger charge is -2.17. The van der Waals surface area contributed by atoms with Gasteiger partial charge in [0.1, 0.15) is 5.75 Å². The van der Waals surface area contributed by atoms with Crippen LogP contribution in [-0.4, -0.2) is 30.3 Å². The van der Waals surface area contributed by atoms with Crippen molar-refractivity contribution in [1.29, 1.82) is 0 Å². The second-order valence-corrected chi connectivity index (χ2v) is 4.40. The molecule has 1 rings (SSSR count). The van der Waals surface area contributed by atoms with Gasteiger partial charge in [0.15, 0.2) is 6.10 Å². The van der Waals surface area contributed by atoms with E-state index in [1.54, 1.807) is 0 Å². The average Bonchev–Trinajstić information content (AvgIpc) is 2.45. The first-order valence-electron chi connectivity index (χ1n) is 6.88. The SMILES string of the molecule is CCC(Oc1ccccc1)C(=O)NCCCCCO. The molecule has 1 aromatic carbocycles. The molecule has 0 fully saturated rings. The largest absolute Gasteiger partial charge is 0.481 e. The lowest BCUT2D eigenvalue weighted by molar-refractivity contribution is -0.128. The summed E-state index contributed by atoms with van der Waals surface area (Å²) >= 11 is 0. The number of para-hydroxylation sites is 1. The summed E-state index contributed by atoms with van der Waals surface area (Å²) in [5.74, 6) is 0.639. The van der Waals surface area contributed by atoms with E-state index in [1.807, 2.05) is 37.3 Å². The second kappa shape index (κ2) is 9.39. The maximum atomic E-state index is 11.9. The van der Waals surface area contributed by atoms with Gasteiger partial charge in [-0.2, -0.15) is 0 Å². The quantitative estimate of drug-likeness (QED) is 0.672. The molecule has 0 aromatic heterocycles. The first kappa shape index (κ1) is 15.5. The van der Waals surface area contributed by atoms with Crippen molar-refractivity contribution < 1.29 is 14.6 Å². The van der Waals surface area contributed by atoms with Gasteiger partial charge in [-0.3, -0.25) is 4.79 Å². The number of carbonyl (C=O) groups excluding carboxylic acids is 1. The van der Waals surface area contributed by atoms with Crippen LogP contribution in [0.4, 0.5) is 0 Å². The lowest BCUT2D eigenvalue weighted by atomic mass is 10.2. The molecule has 4 nitrogen and oxygen atoms in total. The number of nitrogens with one attached hydrogen (secondary N) is 1. The summed E-state index contributed by atoms with van der Waals surface area (Å²) in [4.78, 5) is 11.9. The molecule has 1 amide bonds. The Morgan fingerprint density at radius 1 is 1.26 bits per heavy atom. The number of carbonyl (C=O) groups is 1. The minimum absolute atomic E-state index is 0.0737. The van der Waals surface area contributed by atoms with Crippen LogP contribution in [0.5, 0.6) is 5.75 Å². The zero-order valence-corrected chi connectivity index (χ0v) is 11.5. The van der Waals surface area contributed by atoms with Crippen LogP contribution in [0.1, 0.15) is 32.6 Å². The Balaban J connectivity index is 2.31. The summed E-state index contributed by atoms with van der Waals surface area (Å²) in [7, 11) is 0. The van der Waals surface area contributed by atoms with Gasteiger partial charge in [0.05, 0.1) is 0 Å². The third kappa shape index (κ3) is 6.25. The smallest absolute Gasteiger partial charge is 0.261 e. The predicted molar refractivity (Wildman–Crippen MR) is 75.1 cm³/mol. The van der Waals surface area contributed by atoms with E-state index in [9.17, 15) is 4.79 Å². The van der Waals surface area contributed by atoms with Gasteiger partial charge in [0.25, 0.3) is 5.91 Å². The van der Waals surface area contributed by atoms with Crippen molar-refractivity contribution in [2.75, 3.05) is 13.2 Å². The van der Waals surface area contributed by atoms with E-state index in [0.29, 0.717) is 18.7 Å². The number of hydrogen-bond acceptors (Lipinski definition) is 3. The monoisotopic (exact) mass is 265 g/mol. The highest BCUT2D eigenvalue weighted by Gasteiger charge is 2.17. The Kier molecular flexibility index (Phi) is 7.66. The van der Waals surface area contributed by atoms with Crippen LogP contribution in [-0.2, 0) is 4.79 Å². The van der Waals surface area contributed by atoms with Gasteiger partial charge in [-0.15, -0.1) is 0 Å². The van der Waals surface area contributed by atoms with Crippen LogP contribution in [0.15, 0.2) is 30.3 Å². The molecule has 0 saturated carbocycles. The lowest BCUT2D eigenvalue weighted by Crippen LogP contribution is -2.38. The molecule has 0 saturated heterocycles. The molecule has 0 aliphatic carbocycles. The fourth-order valence-electron chi connectivity index (χ4n) is 1.72. The van der Waals surface area contributed by atoms with Crippen molar-refractivity contribution >= 4 is 5.91 Å². The van der Waals surface area contributed by atoms with E-state index < -0.39 is 6.10 Å². The van der Waals surface area contributed by atoms with E-state index in [2.05, 4.69) is 5.32 Å². The van der Waals surface area contributed by atoms with Crippen molar-refractivity contribution in [1.82, 2.24) is 5.32 Å². The van der Waals surface area contributed by atoms with Crippen molar-refractivity contribution in [3.63, 3.8) is 0 Å².